The summed E-state index contributed by atoms with van der Waals surface area (Å²) in [5.74, 6) is 0.191. The van der Waals surface area contributed by atoms with Gasteiger partial charge < -0.3 is 15.4 Å². The van der Waals surface area contributed by atoms with E-state index in [0.29, 0.717) is 17.4 Å². The van der Waals surface area contributed by atoms with Crippen LogP contribution in [0, 0.1) is 13.8 Å². The molecule has 0 aliphatic heterocycles. The van der Waals surface area contributed by atoms with Gasteiger partial charge in [-0.2, -0.15) is 5.10 Å². The van der Waals surface area contributed by atoms with E-state index in [0.717, 1.165) is 35.6 Å². The first kappa shape index (κ1) is 19.6. The van der Waals surface area contributed by atoms with Crippen molar-refractivity contribution in [3.05, 3.63) is 65.5 Å². The van der Waals surface area contributed by atoms with Gasteiger partial charge in [0.1, 0.15) is 11.6 Å². The van der Waals surface area contributed by atoms with Gasteiger partial charge in [-0.3, -0.25) is 4.79 Å². The third-order valence-electron chi connectivity index (χ3n) is 4.64. The third-order valence-corrected chi connectivity index (χ3v) is 4.64. The van der Waals surface area contributed by atoms with E-state index in [-0.39, 0.29) is 0 Å². The summed E-state index contributed by atoms with van der Waals surface area (Å²) in [6, 6.07) is 13.4. The molecule has 0 bridgehead atoms. The summed E-state index contributed by atoms with van der Waals surface area (Å²) in [6.07, 6.45) is 3.73. The van der Waals surface area contributed by atoms with E-state index in [9.17, 15) is 9.59 Å². The van der Waals surface area contributed by atoms with Crippen molar-refractivity contribution < 1.29 is 14.3 Å². The number of esters is 1. The van der Waals surface area contributed by atoms with Gasteiger partial charge in [0.15, 0.2) is 6.61 Å². The fourth-order valence-corrected chi connectivity index (χ4v) is 2.90. The quantitative estimate of drug-likeness (QED) is 0.586. The van der Waals surface area contributed by atoms with Crippen LogP contribution in [0.3, 0.4) is 0 Å². The first-order valence-corrected chi connectivity index (χ1v) is 9.81. The second-order valence-corrected chi connectivity index (χ2v) is 7.39. The van der Waals surface area contributed by atoms with Gasteiger partial charge in [0.05, 0.1) is 16.9 Å². The van der Waals surface area contributed by atoms with Gasteiger partial charge in [-0.15, -0.1) is 0 Å². The molecule has 0 unspecified atom stereocenters. The number of anilines is 2. The van der Waals surface area contributed by atoms with Gasteiger partial charge in [0.25, 0.3) is 5.91 Å². The Labute approximate surface area is 174 Å². The smallest absolute Gasteiger partial charge is 0.340 e. The maximum absolute atomic E-state index is 12.3. The number of amides is 1. The largest absolute Gasteiger partial charge is 0.452 e. The van der Waals surface area contributed by atoms with Crippen molar-refractivity contribution in [1.82, 2.24) is 14.8 Å². The van der Waals surface area contributed by atoms with Crippen LogP contribution in [0.4, 0.5) is 11.6 Å². The van der Waals surface area contributed by atoms with Gasteiger partial charge >= 0.3 is 5.97 Å². The number of aryl methyl sites for hydroxylation is 2. The van der Waals surface area contributed by atoms with Gasteiger partial charge in [-0.1, -0.05) is 17.7 Å². The second-order valence-electron chi connectivity index (χ2n) is 7.39. The van der Waals surface area contributed by atoms with E-state index >= 15 is 0 Å². The molecule has 0 atom stereocenters. The molecule has 1 amide bonds. The molecule has 0 saturated heterocycles. The topological polar surface area (TPSA) is 98.1 Å². The molecule has 3 aromatic rings. The first-order chi connectivity index (χ1) is 14.5. The molecule has 4 rings (SSSR count). The van der Waals surface area contributed by atoms with Crippen LogP contribution in [0.15, 0.2) is 48.7 Å². The zero-order valence-corrected chi connectivity index (χ0v) is 16.9. The SMILES string of the molecule is Cc1ccc(-n2nc(C)cc2NC(=O)COC(=O)c2ccc(NC3CC3)nc2)cc1. The lowest BCUT2D eigenvalue weighted by molar-refractivity contribution is -0.119. The minimum absolute atomic E-state index is 0.296. The predicted molar refractivity (Wildman–Crippen MR) is 113 cm³/mol. The number of ether oxygens (including phenoxy) is 1. The summed E-state index contributed by atoms with van der Waals surface area (Å²) in [5.41, 5.74) is 3.01. The number of rotatable bonds is 7. The van der Waals surface area contributed by atoms with E-state index in [1.54, 1.807) is 22.9 Å². The molecular formula is C22H23N5O3. The maximum Gasteiger partial charge on any atom is 0.340 e. The average Bonchev–Trinajstić information content (AvgIpc) is 3.48. The van der Waals surface area contributed by atoms with Crippen molar-refractivity contribution >= 4 is 23.5 Å². The zero-order chi connectivity index (χ0) is 21.1. The highest BCUT2D eigenvalue weighted by atomic mass is 16.5. The molecule has 30 heavy (non-hydrogen) atoms. The van der Waals surface area contributed by atoms with Crippen LogP contribution in [0.1, 0.15) is 34.5 Å². The lowest BCUT2D eigenvalue weighted by Crippen LogP contribution is -2.22. The lowest BCUT2D eigenvalue weighted by Gasteiger charge is -2.10. The summed E-state index contributed by atoms with van der Waals surface area (Å²) < 4.78 is 6.77. The van der Waals surface area contributed by atoms with Crippen molar-refractivity contribution in [2.24, 2.45) is 0 Å². The zero-order valence-electron chi connectivity index (χ0n) is 16.9. The van der Waals surface area contributed by atoms with Crippen LogP contribution in [-0.2, 0) is 9.53 Å². The van der Waals surface area contributed by atoms with Gasteiger partial charge in [-0.25, -0.2) is 14.5 Å². The highest BCUT2D eigenvalue weighted by Crippen LogP contribution is 2.23. The minimum atomic E-state index is -0.598. The molecule has 1 aliphatic carbocycles. The molecule has 2 heterocycles. The number of pyridine rings is 1. The molecule has 0 radical (unpaired) electrons. The van der Waals surface area contributed by atoms with E-state index in [2.05, 4.69) is 20.7 Å². The maximum atomic E-state index is 12.3. The fourth-order valence-electron chi connectivity index (χ4n) is 2.90. The predicted octanol–water partition coefficient (Wildman–Crippen LogP) is 3.25. The van der Waals surface area contributed by atoms with E-state index < -0.39 is 18.5 Å². The molecule has 0 spiro atoms. The monoisotopic (exact) mass is 405 g/mol. The third kappa shape index (κ3) is 4.83. The van der Waals surface area contributed by atoms with Gasteiger partial charge in [0, 0.05) is 18.3 Å². The van der Waals surface area contributed by atoms with Crippen LogP contribution >= 0.6 is 0 Å². The molecule has 8 heteroatoms. The summed E-state index contributed by atoms with van der Waals surface area (Å²) in [7, 11) is 0. The van der Waals surface area contributed by atoms with E-state index in [1.165, 1.54) is 6.20 Å². The van der Waals surface area contributed by atoms with Crippen molar-refractivity contribution in [1.29, 1.82) is 0 Å². The Bertz CT molecular complexity index is 1050. The number of hydrogen-bond donors (Lipinski definition) is 2. The van der Waals surface area contributed by atoms with E-state index in [4.69, 9.17) is 4.74 Å². The van der Waals surface area contributed by atoms with Crippen LogP contribution in [0.25, 0.3) is 5.69 Å². The van der Waals surface area contributed by atoms with Crippen LogP contribution < -0.4 is 10.6 Å². The highest BCUT2D eigenvalue weighted by Gasteiger charge is 2.21. The van der Waals surface area contributed by atoms with Gasteiger partial charge in [0.2, 0.25) is 0 Å². The van der Waals surface area contributed by atoms with Crippen molar-refractivity contribution in [2.75, 3.05) is 17.2 Å². The minimum Gasteiger partial charge on any atom is -0.452 e. The number of hydrogen-bond acceptors (Lipinski definition) is 6. The van der Waals surface area contributed by atoms with E-state index in [1.807, 2.05) is 38.1 Å². The molecule has 2 N–H and O–H groups in total. The summed E-state index contributed by atoms with van der Waals surface area (Å²) in [6.45, 7) is 3.44. The summed E-state index contributed by atoms with van der Waals surface area (Å²) >= 11 is 0. The Kier molecular flexibility index (Phi) is 5.47. The summed E-state index contributed by atoms with van der Waals surface area (Å²) in [5, 5.41) is 10.4. The van der Waals surface area contributed by atoms with Crippen LogP contribution in [0.2, 0.25) is 0 Å². The molecule has 1 fully saturated rings. The Hall–Kier alpha value is -3.68. The Morgan fingerprint density at radius 1 is 1.13 bits per heavy atom. The Morgan fingerprint density at radius 3 is 2.57 bits per heavy atom. The number of aromatic nitrogens is 3. The summed E-state index contributed by atoms with van der Waals surface area (Å²) in [4.78, 5) is 28.7. The van der Waals surface area contributed by atoms with Crippen molar-refractivity contribution in [3.8, 4) is 5.69 Å². The van der Waals surface area contributed by atoms with Crippen LogP contribution in [-0.4, -0.2) is 39.3 Å². The number of carbonyl (C=O) groups excluding carboxylic acids is 2. The van der Waals surface area contributed by atoms with Gasteiger partial charge in [-0.05, 0) is 51.0 Å². The molecule has 1 saturated carbocycles. The number of nitrogens with one attached hydrogen (secondary N) is 2. The normalized spacial score (nSPS) is 13.0. The fraction of sp³-hybridized carbons (Fsp3) is 0.273. The molecule has 1 aromatic carbocycles. The Balaban J connectivity index is 1.34. The molecular weight excluding hydrogens is 382 g/mol. The van der Waals surface area contributed by atoms with Crippen molar-refractivity contribution in [3.63, 3.8) is 0 Å². The Morgan fingerprint density at radius 2 is 1.90 bits per heavy atom. The number of carbonyl (C=O) groups is 2. The second kappa shape index (κ2) is 8.36. The van der Waals surface area contributed by atoms with Crippen molar-refractivity contribution in [2.45, 2.75) is 32.7 Å². The standard InChI is InChI=1S/C22H23N5O3/c1-14-3-8-18(9-4-14)27-20(11-15(2)26-27)25-21(28)13-30-22(29)16-5-10-19(23-12-16)24-17-6-7-17/h3-5,8-12,17H,6-7,13H2,1-2H3,(H,23,24)(H,25,28). The first-order valence-electron chi connectivity index (χ1n) is 9.81. The lowest BCUT2D eigenvalue weighted by atomic mass is 10.2. The molecule has 154 valence electrons. The highest BCUT2D eigenvalue weighted by molar-refractivity contribution is 5.95. The average molecular weight is 405 g/mol. The molecule has 1 aliphatic rings. The van der Waals surface area contributed by atoms with Crippen LogP contribution in [0.5, 0.6) is 0 Å². The molecule has 8 nitrogen and oxygen atoms in total. The number of benzene rings is 1. The molecule has 2 aromatic heterocycles. The number of nitrogens with zero attached hydrogens (tertiary/aromatic N) is 3.